The molecule has 17 heavy (non-hydrogen) atoms. The molecule has 0 unspecified atom stereocenters. The van der Waals surface area contributed by atoms with Crippen molar-refractivity contribution in [1.82, 2.24) is 4.98 Å². The Bertz CT molecular complexity index is 405. The number of hydrogen-bond acceptors (Lipinski definition) is 4. The Balaban J connectivity index is 2.24. The Kier molecular flexibility index (Phi) is 3.10. The molecule has 0 bridgehead atoms. The summed E-state index contributed by atoms with van der Waals surface area (Å²) in [6.07, 6.45) is -4.63. The Hall–Kier alpha value is -1.50. The Morgan fingerprint density at radius 2 is 2.12 bits per heavy atom. The first-order valence-corrected chi connectivity index (χ1v) is 5.00. The lowest BCUT2D eigenvalue weighted by Gasteiger charge is -2.26. The van der Waals surface area contributed by atoms with Crippen LogP contribution in [0.1, 0.15) is 5.56 Å². The largest absolute Gasteiger partial charge is 0.469 e. The number of halogens is 3. The molecular weight excluding hydrogens is 237 g/mol. The van der Waals surface area contributed by atoms with Crippen LogP contribution in [0, 0.1) is 0 Å². The van der Waals surface area contributed by atoms with Crippen molar-refractivity contribution in [3.05, 3.63) is 17.7 Å². The maximum atomic E-state index is 12.6. The number of aromatic nitrogens is 1. The van der Waals surface area contributed by atoms with Gasteiger partial charge in [0.15, 0.2) is 0 Å². The predicted molar refractivity (Wildman–Crippen MR) is 54.0 cm³/mol. The van der Waals surface area contributed by atoms with Gasteiger partial charge < -0.3 is 14.8 Å². The molecule has 7 heteroatoms. The molecule has 0 radical (unpaired) electrons. The monoisotopic (exact) mass is 248 g/mol. The average molecular weight is 248 g/mol. The molecule has 0 aliphatic carbocycles. The van der Waals surface area contributed by atoms with Crippen LogP contribution in [0.4, 0.5) is 19.0 Å². The predicted octanol–water partition coefficient (Wildman–Crippen LogP) is 1.92. The van der Waals surface area contributed by atoms with Gasteiger partial charge in [0.2, 0.25) is 5.88 Å². The molecule has 1 aliphatic heterocycles. The summed E-state index contributed by atoms with van der Waals surface area (Å²) in [6.45, 7) is 0.764. The number of alkyl halides is 3. The van der Waals surface area contributed by atoms with Gasteiger partial charge in [-0.15, -0.1) is 0 Å². The second-order valence-electron chi connectivity index (χ2n) is 3.60. The zero-order valence-corrected chi connectivity index (χ0v) is 9.04. The van der Waals surface area contributed by atoms with E-state index in [4.69, 9.17) is 9.47 Å². The van der Waals surface area contributed by atoms with E-state index in [2.05, 4.69) is 10.3 Å². The summed E-state index contributed by atoms with van der Waals surface area (Å²) in [5.41, 5.74) is -0.785. The lowest BCUT2D eigenvalue weighted by atomic mass is 10.2. The van der Waals surface area contributed by atoms with Gasteiger partial charge in [-0.3, -0.25) is 0 Å². The molecule has 1 saturated heterocycles. The van der Waals surface area contributed by atoms with Crippen LogP contribution >= 0.6 is 0 Å². The van der Waals surface area contributed by atoms with E-state index in [1.807, 2.05) is 0 Å². The Morgan fingerprint density at radius 3 is 2.59 bits per heavy atom. The number of anilines is 1. The quantitative estimate of drug-likeness (QED) is 0.887. The van der Waals surface area contributed by atoms with Crippen LogP contribution in [0.2, 0.25) is 0 Å². The van der Waals surface area contributed by atoms with E-state index < -0.39 is 11.7 Å². The number of pyridine rings is 1. The van der Waals surface area contributed by atoms with Gasteiger partial charge in [0.05, 0.1) is 18.8 Å². The summed E-state index contributed by atoms with van der Waals surface area (Å²) >= 11 is 0. The lowest BCUT2D eigenvalue weighted by Crippen LogP contribution is -2.38. The van der Waals surface area contributed by atoms with Crippen molar-refractivity contribution >= 4 is 5.82 Å². The van der Waals surface area contributed by atoms with E-state index in [-0.39, 0.29) is 17.8 Å². The zero-order valence-electron chi connectivity index (χ0n) is 9.04. The lowest BCUT2D eigenvalue weighted by molar-refractivity contribution is -0.138. The molecule has 1 N–H and O–H groups in total. The minimum Gasteiger partial charge on any atom is -0.469 e. The summed E-state index contributed by atoms with van der Waals surface area (Å²) < 4.78 is 47.9. The van der Waals surface area contributed by atoms with Gasteiger partial charge in [0.25, 0.3) is 0 Å². The highest BCUT2D eigenvalue weighted by molar-refractivity contribution is 5.42. The number of nitrogens with one attached hydrogen (secondary N) is 1. The third-order valence-electron chi connectivity index (χ3n) is 2.28. The molecule has 1 fully saturated rings. The van der Waals surface area contributed by atoms with Crippen LogP contribution in [-0.2, 0) is 10.9 Å². The maximum absolute atomic E-state index is 12.6. The average Bonchev–Trinajstić information content (AvgIpc) is 2.22. The fraction of sp³-hybridized carbons (Fsp3) is 0.500. The van der Waals surface area contributed by atoms with Crippen molar-refractivity contribution in [2.45, 2.75) is 12.3 Å². The number of ether oxygens (including phenoxy) is 2. The first kappa shape index (κ1) is 12.0. The van der Waals surface area contributed by atoms with Crippen LogP contribution in [0.5, 0.6) is 5.88 Å². The van der Waals surface area contributed by atoms with Crippen molar-refractivity contribution in [3.8, 4) is 5.88 Å². The molecule has 1 aromatic heterocycles. The van der Waals surface area contributed by atoms with Gasteiger partial charge in [0.1, 0.15) is 11.9 Å². The molecular formula is C10H11F3N2O2. The fourth-order valence-corrected chi connectivity index (χ4v) is 1.31. The summed E-state index contributed by atoms with van der Waals surface area (Å²) in [5, 5.41) is 2.57. The zero-order chi connectivity index (χ0) is 12.5. The smallest absolute Gasteiger partial charge is 0.416 e. The minimum absolute atomic E-state index is 0.0440. The van der Waals surface area contributed by atoms with Crippen molar-refractivity contribution in [1.29, 1.82) is 0 Å². The van der Waals surface area contributed by atoms with Crippen LogP contribution < -0.4 is 10.1 Å². The summed E-state index contributed by atoms with van der Waals surface area (Å²) in [6, 6.07) is 1.82. The van der Waals surface area contributed by atoms with E-state index in [1.54, 1.807) is 0 Å². The molecule has 0 amide bonds. The van der Waals surface area contributed by atoms with Gasteiger partial charge in [-0.25, -0.2) is 0 Å². The molecule has 1 aliphatic rings. The van der Waals surface area contributed by atoms with Crippen LogP contribution in [-0.4, -0.2) is 31.3 Å². The number of nitrogens with zero attached hydrogens (tertiary/aromatic N) is 1. The minimum atomic E-state index is -4.41. The topological polar surface area (TPSA) is 43.4 Å². The second kappa shape index (κ2) is 4.40. The highest BCUT2D eigenvalue weighted by atomic mass is 19.4. The SMILES string of the molecule is CNc1cc(C(F)(F)F)cc(OC2COC2)n1. The van der Waals surface area contributed by atoms with E-state index in [0.717, 1.165) is 12.1 Å². The maximum Gasteiger partial charge on any atom is 0.416 e. The highest BCUT2D eigenvalue weighted by Crippen LogP contribution is 2.32. The van der Waals surface area contributed by atoms with Gasteiger partial charge in [-0.1, -0.05) is 0 Å². The molecule has 0 aromatic carbocycles. The van der Waals surface area contributed by atoms with Gasteiger partial charge in [-0.2, -0.15) is 18.2 Å². The van der Waals surface area contributed by atoms with Crippen molar-refractivity contribution in [2.24, 2.45) is 0 Å². The fourth-order valence-electron chi connectivity index (χ4n) is 1.31. The first-order valence-electron chi connectivity index (χ1n) is 5.00. The highest BCUT2D eigenvalue weighted by Gasteiger charge is 2.32. The molecule has 94 valence electrons. The van der Waals surface area contributed by atoms with Crippen molar-refractivity contribution in [2.75, 3.05) is 25.6 Å². The van der Waals surface area contributed by atoms with Crippen molar-refractivity contribution < 1.29 is 22.6 Å². The first-order chi connectivity index (χ1) is 7.99. The van der Waals surface area contributed by atoms with Crippen LogP contribution in [0.15, 0.2) is 12.1 Å². The molecule has 0 saturated carbocycles. The van der Waals surface area contributed by atoms with E-state index >= 15 is 0 Å². The van der Waals surface area contributed by atoms with Gasteiger partial charge in [-0.05, 0) is 6.07 Å². The Morgan fingerprint density at radius 1 is 1.41 bits per heavy atom. The van der Waals surface area contributed by atoms with Crippen molar-refractivity contribution in [3.63, 3.8) is 0 Å². The van der Waals surface area contributed by atoms with E-state index in [1.165, 1.54) is 7.05 Å². The van der Waals surface area contributed by atoms with E-state index in [0.29, 0.717) is 13.2 Å². The Labute approximate surface area is 95.7 Å². The van der Waals surface area contributed by atoms with Gasteiger partial charge >= 0.3 is 6.18 Å². The summed E-state index contributed by atoms with van der Waals surface area (Å²) in [7, 11) is 1.50. The third kappa shape index (κ3) is 2.79. The van der Waals surface area contributed by atoms with Gasteiger partial charge in [0, 0.05) is 13.1 Å². The van der Waals surface area contributed by atoms with Crippen LogP contribution in [0.25, 0.3) is 0 Å². The molecule has 0 atom stereocenters. The normalized spacial score (nSPS) is 16.5. The molecule has 2 rings (SSSR count). The summed E-state index contributed by atoms with van der Waals surface area (Å²) in [4.78, 5) is 3.90. The third-order valence-corrected chi connectivity index (χ3v) is 2.28. The second-order valence-corrected chi connectivity index (χ2v) is 3.60. The standard InChI is InChI=1S/C10H11F3N2O2/c1-14-8-2-6(10(11,12)13)3-9(15-8)17-7-4-16-5-7/h2-3,7H,4-5H2,1H3,(H,14,15). The number of hydrogen-bond donors (Lipinski definition) is 1. The molecule has 2 heterocycles. The summed E-state index contributed by atoms with van der Waals surface area (Å²) in [5.74, 6) is 0.0764. The molecule has 1 aromatic rings. The number of rotatable bonds is 3. The molecule has 4 nitrogen and oxygen atoms in total. The van der Waals surface area contributed by atoms with Crippen LogP contribution in [0.3, 0.4) is 0 Å². The van der Waals surface area contributed by atoms with E-state index in [9.17, 15) is 13.2 Å². The molecule has 0 spiro atoms.